The molecule has 0 fully saturated rings. The Morgan fingerprint density at radius 3 is 2.12 bits per heavy atom. The van der Waals surface area contributed by atoms with Gasteiger partial charge in [0.05, 0.1) is 17.4 Å². The zero-order chi connectivity index (χ0) is 29.2. The van der Waals surface area contributed by atoms with Gasteiger partial charge in [0.2, 0.25) is 10.0 Å². The van der Waals surface area contributed by atoms with Crippen LogP contribution in [0, 0.1) is 12.8 Å². The Balaban J connectivity index is 1.48. The van der Waals surface area contributed by atoms with E-state index in [1.165, 1.54) is 19.2 Å². The Bertz CT molecular complexity index is 1660. The molecular formula is C30H32N2O7S. The molecule has 0 saturated carbocycles. The summed E-state index contributed by atoms with van der Waals surface area (Å²) >= 11 is 0. The second-order valence-corrected chi connectivity index (χ2v) is 11.5. The molecule has 1 aromatic heterocycles. The van der Waals surface area contributed by atoms with Crippen LogP contribution >= 0.6 is 0 Å². The van der Waals surface area contributed by atoms with Crippen molar-refractivity contribution in [2.45, 2.75) is 45.1 Å². The lowest BCUT2D eigenvalue weighted by atomic mass is 10.0. The van der Waals surface area contributed by atoms with Crippen molar-refractivity contribution in [1.29, 1.82) is 0 Å². The first-order valence-electron chi connectivity index (χ1n) is 12.8. The summed E-state index contributed by atoms with van der Waals surface area (Å²) in [4.78, 5) is 25.0. The van der Waals surface area contributed by atoms with Crippen molar-refractivity contribution in [1.82, 2.24) is 4.72 Å². The number of amides is 1. The molecule has 0 aliphatic heterocycles. The van der Waals surface area contributed by atoms with Gasteiger partial charge in [-0.1, -0.05) is 51.1 Å². The number of anilines is 1. The van der Waals surface area contributed by atoms with Crippen LogP contribution in [0.1, 0.15) is 42.5 Å². The third kappa shape index (κ3) is 5.73. The van der Waals surface area contributed by atoms with Crippen LogP contribution in [0.3, 0.4) is 0 Å². The number of furan rings is 1. The predicted octanol–water partition coefficient (Wildman–Crippen LogP) is 5.40. The number of hydrogen-bond donors (Lipinski definition) is 3. The molecule has 0 saturated heterocycles. The van der Waals surface area contributed by atoms with E-state index in [1.807, 2.05) is 6.92 Å². The monoisotopic (exact) mass is 564 g/mol. The number of hydrogen-bond acceptors (Lipinski definition) is 7. The smallest absolute Gasteiger partial charge is 0.324 e. The average molecular weight is 565 g/mol. The van der Waals surface area contributed by atoms with Crippen LogP contribution in [0.5, 0.6) is 5.75 Å². The maximum atomic E-state index is 13.0. The van der Waals surface area contributed by atoms with Gasteiger partial charge in [0.15, 0.2) is 5.76 Å². The van der Waals surface area contributed by atoms with Crippen molar-refractivity contribution in [2.24, 2.45) is 5.92 Å². The van der Waals surface area contributed by atoms with E-state index in [2.05, 4.69) is 10.0 Å². The maximum Gasteiger partial charge on any atom is 0.324 e. The highest BCUT2D eigenvalue weighted by molar-refractivity contribution is 7.89. The fourth-order valence-electron chi connectivity index (χ4n) is 4.44. The molecule has 1 amide bonds. The van der Waals surface area contributed by atoms with Crippen LogP contribution in [0.2, 0.25) is 0 Å². The van der Waals surface area contributed by atoms with Crippen LogP contribution in [0.4, 0.5) is 5.69 Å². The van der Waals surface area contributed by atoms with E-state index >= 15 is 0 Å². The van der Waals surface area contributed by atoms with Gasteiger partial charge < -0.3 is 19.6 Å². The van der Waals surface area contributed by atoms with E-state index in [0.717, 1.165) is 16.7 Å². The summed E-state index contributed by atoms with van der Waals surface area (Å²) in [5, 5.41) is 13.9. The molecule has 0 spiro atoms. The number of esters is 1. The molecule has 3 N–H and O–H groups in total. The average Bonchev–Trinajstić information content (AvgIpc) is 3.29. The number of fused-ring (bicyclic) bond motifs is 1. The highest BCUT2D eigenvalue weighted by atomic mass is 32.2. The van der Waals surface area contributed by atoms with E-state index in [1.54, 1.807) is 69.3 Å². The van der Waals surface area contributed by atoms with E-state index in [9.17, 15) is 23.1 Å². The highest BCUT2D eigenvalue weighted by Crippen LogP contribution is 2.35. The van der Waals surface area contributed by atoms with Crippen LogP contribution in [-0.2, 0) is 26.0 Å². The fraction of sp³-hybridized carbons (Fsp3) is 0.267. The summed E-state index contributed by atoms with van der Waals surface area (Å²) in [7, 11) is -2.74. The summed E-state index contributed by atoms with van der Waals surface area (Å²) < 4.78 is 38.5. The zero-order valence-electron chi connectivity index (χ0n) is 22.9. The minimum atomic E-state index is -3.95. The van der Waals surface area contributed by atoms with E-state index in [0.29, 0.717) is 28.6 Å². The van der Waals surface area contributed by atoms with Gasteiger partial charge in [-0.05, 0) is 66.3 Å². The molecule has 0 unspecified atom stereocenters. The minimum absolute atomic E-state index is 0.0213. The molecule has 4 rings (SSSR count). The largest absolute Gasteiger partial charge is 0.507 e. The zero-order valence-corrected chi connectivity index (χ0v) is 23.8. The molecule has 1 heterocycles. The van der Waals surface area contributed by atoms with Crippen LogP contribution in [-0.4, -0.2) is 38.6 Å². The Hall–Kier alpha value is -4.15. The highest BCUT2D eigenvalue weighted by Gasteiger charge is 2.29. The molecule has 0 radical (unpaired) electrons. The minimum Gasteiger partial charge on any atom is -0.507 e. The van der Waals surface area contributed by atoms with Crippen molar-refractivity contribution in [2.75, 3.05) is 12.4 Å². The standard InChI is InChI=1S/C30H32N2O7S/c1-6-19-11-16-24-25(27(19)33)18(4)28(39-24)29(34)31-22-12-7-20(8-13-22)21-9-14-23(15-10-21)40(36,37)32-26(17(2)3)30(35)38-5/h7-17,26,32-33H,6H2,1-5H3,(H,31,34)/t26-/m0/s1. The Kier molecular flexibility index (Phi) is 8.32. The molecule has 0 aliphatic rings. The fourth-order valence-corrected chi connectivity index (χ4v) is 5.78. The van der Waals surface area contributed by atoms with Crippen LogP contribution in [0.25, 0.3) is 22.1 Å². The molecular weight excluding hydrogens is 532 g/mol. The molecule has 210 valence electrons. The second-order valence-electron chi connectivity index (χ2n) is 9.78. The summed E-state index contributed by atoms with van der Waals surface area (Å²) in [5.41, 5.74) is 3.90. The third-order valence-corrected chi connectivity index (χ3v) is 8.24. The van der Waals surface area contributed by atoms with Gasteiger partial charge >= 0.3 is 5.97 Å². The first kappa shape index (κ1) is 28.8. The van der Waals surface area contributed by atoms with E-state index in [4.69, 9.17) is 9.15 Å². The number of ether oxygens (including phenoxy) is 1. The van der Waals surface area contributed by atoms with E-state index < -0.39 is 27.9 Å². The lowest BCUT2D eigenvalue weighted by Crippen LogP contribution is -2.44. The molecule has 0 bridgehead atoms. The summed E-state index contributed by atoms with van der Waals surface area (Å²) in [6, 6.07) is 15.9. The number of carbonyl (C=O) groups excluding carboxylic acids is 2. The van der Waals surface area contributed by atoms with Crippen LogP contribution < -0.4 is 10.0 Å². The number of sulfonamides is 1. The first-order chi connectivity index (χ1) is 19.0. The molecule has 0 aliphatic carbocycles. The Morgan fingerprint density at radius 1 is 0.975 bits per heavy atom. The Labute approximate surface area is 233 Å². The number of rotatable bonds is 9. The number of methoxy groups -OCH3 is 1. The van der Waals surface area contributed by atoms with Gasteiger partial charge in [-0.25, -0.2) is 8.42 Å². The lowest BCUT2D eigenvalue weighted by Gasteiger charge is -2.19. The first-order valence-corrected chi connectivity index (χ1v) is 14.3. The number of benzene rings is 3. The maximum absolute atomic E-state index is 13.0. The Morgan fingerprint density at radius 2 is 1.57 bits per heavy atom. The molecule has 40 heavy (non-hydrogen) atoms. The van der Waals surface area contributed by atoms with Gasteiger partial charge in [0.25, 0.3) is 5.91 Å². The number of nitrogens with one attached hydrogen (secondary N) is 2. The number of aryl methyl sites for hydroxylation is 2. The third-order valence-electron chi connectivity index (χ3n) is 6.78. The van der Waals surface area contributed by atoms with Gasteiger partial charge in [0.1, 0.15) is 17.4 Å². The van der Waals surface area contributed by atoms with Gasteiger partial charge in [-0.3, -0.25) is 9.59 Å². The van der Waals surface area contributed by atoms with Crippen LogP contribution in [0.15, 0.2) is 70.0 Å². The van der Waals surface area contributed by atoms with E-state index in [-0.39, 0.29) is 22.3 Å². The number of phenolic OH excluding ortho intramolecular Hbond substituents is 1. The molecule has 3 aromatic carbocycles. The lowest BCUT2D eigenvalue weighted by molar-refractivity contribution is -0.143. The van der Waals surface area contributed by atoms with Gasteiger partial charge in [-0.2, -0.15) is 4.72 Å². The summed E-state index contributed by atoms with van der Waals surface area (Å²) in [6.07, 6.45) is 0.656. The molecule has 4 aromatic rings. The quantitative estimate of drug-likeness (QED) is 0.232. The normalized spacial score (nSPS) is 12.4. The second kappa shape index (κ2) is 11.5. The molecule has 10 heteroatoms. The number of carbonyl (C=O) groups is 2. The topological polar surface area (TPSA) is 135 Å². The summed E-state index contributed by atoms with van der Waals surface area (Å²) in [5.74, 6) is -1.13. The van der Waals surface area contributed by atoms with Crippen molar-refractivity contribution in [3.63, 3.8) is 0 Å². The van der Waals surface area contributed by atoms with Gasteiger partial charge in [0, 0.05) is 11.3 Å². The van der Waals surface area contributed by atoms with Crippen molar-refractivity contribution in [3.8, 4) is 16.9 Å². The number of aromatic hydroxyl groups is 1. The molecule has 9 nitrogen and oxygen atoms in total. The molecule has 1 atom stereocenters. The van der Waals surface area contributed by atoms with Crippen molar-refractivity contribution < 1.29 is 32.3 Å². The summed E-state index contributed by atoms with van der Waals surface area (Å²) in [6.45, 7) is 7.13. The van der Waals surface area contributed by atoms with Crippen molar-refractivity contribution >= 4 is 38.6 Å². The predicted molar refractivity (Wildman–Crippen MR) is 153 cm³/mol. The van der Waals surface area contributed by atoms with Crippen molar-refractivity contribution in [3.05, 3.63) is 77.6 Å². The van der Waals surface area contributed by atoms with Gasteiger partial charge in [-0.15, -0.1) is 0 Å². The number of phenols is 1. The SMILES string of the molecule is CCc1ccc2oc(C(=O)Nc3ccc(-c4ccc(S(=O)(=O)N[C@H](C(=O)OC)C(C)C)cc4)cc3)c(C)c2c1O.